The summed E-state index contributed by atoms with van der Waals surface area (Å²) in [4.78, 5) is 1.15. The maximum Gasteiger partial charge on any atom is 0.0678 e. The average Bonchev–Trinajstić information content (AvgIpc) is 2.79. The molecule has 1 aromatic heterocycles. The first-order chi connectivity index (χ1) is 8.69. The van der Waals surface area contributed by atoms with Crippen LogP contribution < -0.4 is 5.73 Å². The summed E-state index contributed by atoms with van der Waals surface area (Å²) in [5, 5.41) is 11.8. The normalized spacial score (nSPS) is 12.6. The third-order valence-corrected chi connectivity index (χ3v) is 4.94. The van der Waals surface area contributed by atoms with Gasteiger partial charge in [-0.1, -0.05) is 23.4 Å². The Morgan fingerprint density at radius 2 is 2.00 bits per heavy atom. The Morgan fingerprint density at radius 1 is 1.28 bits per heavy atom. The predicted octanol–water partition coefficient (Wildman–Crippen LogP) is 3.41. The standard InChI is InChI=1S/C13H14ClNOS2/c14-10-1-3-12(4-2-10)18-13-9(5-6-17-13)7-11(15)8-16/h1-6,11,16H,7-8,15H2. The second-order valence-electron chi connectivity index (χ2n) is 3.94. The summed E-state index contributed by atoms with van der Waals surface area (Å²) in [5.41, 5.74) is 6.97. The molecule has 0 fully saturated rings. The highest BCUT2D eigenvalue weighted by Crippen LogP contribution is 2.35. The van der Waals surface area contributed by atoms with E-state index in [-0.39, 0.29) is 12.6 Å². The molecule has 2 aromatic rings. The molecule has 96 valence electrons. The molecule has 3 N–H and O–H groups in total. The Kier molecular flexibility index (Phi) is 5.09. The maximum absolute atomic E-state index is 9.00. The number of benzene rings is 1. The number of thiophene rings is 1. The van der Waals surface area contributed by atoms with Crippen molar-refractivity contribution in [2.24, 2.45) is 5.73 Å². The lowest BCUT2D eigenvalue weighted by atomic mass is 10.1. The van der Waals surface area contributed by atoms with Crippen LogP contribution in [0.5, 0.6) is 0 Å². The Morgan fingerprint density at radius 3 is 2.67 bits per heavy atom. The molecule has 2 rings (SSSR count). The highest BCUT2D eigenvalue weighted by molar-refractivity contribution is 8.01. The van der Waals surface area contributed by atoms with Crippen molar-refractivity contribution in [1.29, 1.82) is 0 Å². The van der Waals surface area contributed by atoms with Gasteiger partial charge in [-0.25, -0.2) is 0 Å². The second-order valence-corrected chi connectivity index (χ2v) is 6.63. The van der Waals surface area contributed by atoms with E-state index in [1.54, 1.807) is 23.1 Å². The summed E-state index contributed by atoms with van der Waals surface area (Å²) in [5.74, 6) is 0. The number of rotatable bonds is 5. The largest absolute Gasteiger partial charge is 0.395 e. The summed E-state index contributed by atoms with van der Waals surface area (Å²) in [6.07, 6.45) is 0.704. The van der Waals surface area contributed by atoms with Crippen molar-refractivity contribution in [1.82, 2.24) is 0 Å². The lowest BCUT2D eigenvalue weighted by Gasteiger charge is -2.08. The third-order valence-electron chi connectivity index (χ3n) is 2.45. The molecule has 5 heteroatoms. The molecule has 0 aliphatic rings. The van der Waals surface area contributed by atoms with Gasteiger partial charge in [0.25, 0.3) is 0 Å². The summed E-state index contributed by atoms with van der Waals surface area (Å²) >= 11 is 9.26. The summed E-state index contributed by atoms with van der Waals surface area (Å²) in [7, 11) is 0. The molecular weight excluding hydrogens is 286 g/mol. The van der Waals surface area contributed by atoms with Crippen LogP contribution >= 0.6 is 34.7 Å². The molecule has 1 heterocycles. The van der Waals surface area contributed by atoms with Crippen molar-refractivity contribution in [3.63, 3.8) is 0 Å². The average molecular weight is 300 g/mol. The zero-order valence-corrected chi connectivity index (χ0v) is 12.1. The summed E-state index contributed by atoms with van der Waals surface area (Å²) in [6.45, 7) is 0.0148. The van der Waals surface area contributed by atoms with Crippen molar-refractivity contribution < 1.29 is 5.11 Å². The Bertz CT molecular complexity index is 498. The van der Waals surface area contributed by atoms with Crippen molar-refractivity contribution >= 4 is 34.7 Å². The molecule has 0 amide bonds. The van der Waals surface area contributed by atoms with Crippen molar-refractivity contribution in [2.75, 3.05) is 6.61 Å². The molecule has 18 heavy (non-hydrogen) atoms. The van der Waals surface area contributed by atoms with Gasteiger partial charge in [0.1, 0.15) is 0 Å². The third kappa shape index (κ3) is 3.73. The first-order valence-electron chi connectivity index (χ1n) is 5.55. The van der Waals surface area contributed by atoms with Gasteiger partial charge in [-0.3, -0.25) is 0 Å². The first-order valence-corrected chi connectivity index (χ1v) is 7.62. The van der Waals surface area contributed by atoms with Gasteiger partial charge in [0.15, 0.2) is 0 Å². The molecule has 2 nitrogen and oxygen atoms in total. The minimum atomic E-state index is -0.191. The van der Waals surface area contributed by atoms with Crippen LogP contribution in [-0.2, 0) is 6.42 Å². The molecule has 0 radical (unpaired) electrons. The van der Waals surface area contributed by atoms with E-state index in [9.17, 15) is 0 Å². The molecule has 0 saturated heterocycles. The monoisotopic (exact) mass is 299 g/mol. The zero-order chi connectivity index (χ0) is 13.0. The van der Waals surface area contributed by atoms with Gasteiger partial charge < -0.3 is 10.8 Å². The molecule has 0 spiro atoms. The van der Waals surface area contributed by atoms with E-state index in [0.29, 0.717) is 6.42 Å². The van der Waals surface area contributed by atoms with E-state index in [4.69, 9.17) is 22.4 Å². The summed E-state index contributed by atoms with van der Waals surface area (Å²) < 4.78 is 1.22. The van der Waals surface area contributed by atoms with Crippen LogP contribution in [0.25, 0.3) is 0 Å². The number of aliphatic hydroxyl groups is 1. The molecule has 0 bridgehead atoms. The van der Waals surface area contributed by atoms with Crippen LogP contribution in [-0.4, -0.2) is 17.8 Å². The molecule has 1 atom stereocenters. The van der Waals surface area contributed by atoms with Crippen LogP contribution in [0.3, 0.4) is 0 Å². The van der Waals surface area contributed by atoms with E-state index in [1.165, 1.54) is 9.77 Å². The smallest absolute Gasteiger partial charge is 0.0678 e. The van der Waals surface area contributed by atoms with E-state index < -0.39 is 0 Å². The number of hydrogen-bond donors (Lipinski definition) is 2. The van der Waals surface area contributed by atoms with Crippen LogP contribution in [0.15, 0.2) is 44.8 Å². The lowest BCUT2D eigenvalue weighted by molar-refractivity contribution is 0.265. The molecule has 0 aliphatic heterocycles. The van der Waals surface area contributed by atoms with Gasteiger partial charge in [0.05, 0.1) is 10.8 Å². The van der Waals surface area contributed by atoms with E-state index in [2.05, 4.69) is 11.4 Å². The minimum absolute atomic E-state index is 0.0148. The van der Waals surface area contributed by atoms with Gasteiger partial charge in [0, 0.05) is 16.0 Å². The van der Waals surface area contributed by atoms with Crippen molar-refractivity contribution in [2.45, 2.75) is 21.6 Å². The highest BCUT2D eigenvalue weighted by Gasteiger charge is 2.10. The molecule has 0 aliphatic carbocycles. The molecular formula is C13H14ClNOS2. The van der Waals surface area contributed by atoms with E-state index in [1.807, 2.05) is 24.3 Å². The Labute approximate surface area is 120 Å². The fraction of sp³-hybridized carbons (Fsp3) is 0.231. The fourth-order valence-electron chi connectivity index (χ4n) is 1.52. The molecule has 1 unspecified atom stereocenters. The quantitative estimate of drug-likeness (QED) is 0.889. The Balaban J connectivity index is 2.09. The zero-order valence-electron chi connectivity index (χ0n) is 9.67. The van der Waals surface area contributed by atoms with Crippen LogP contribution in [0.1, 0.15) is 5.56 Å². The Hall–Kier alpha value is -0.520. The van der Waals surface area contributed by atoms with E-state index in [0.717, 1.165) is 9.92 Å². The fourth-order valence-corrected chi connectivity index (χ4v) is 3.72. The number of aliphatic hydroxyl groups excluding tert-OH is 1. The van der Waals surface area contributed by atoms with Gasteiger partial charge in [0.2, 0.25) is 0 Å². The van der Waals surface area contributed by atoms with Gasteiger partial charge in [-0.05, 0) is 47.7 Å². The maximum atomic E-state index is 9.00. The van der Waals surface area contributed by atoms with E-state index >= 15 is 0 Å². The first kappa shape index (κ1) is 13.9. The van der Waals surface area contributed by atoms with Gasteiger partial charge >= 0.3 is 0 Å². The van der Waals surface area contributed by atoms with Crippen LogP contribution in [0.2, 0.25) is 5.02 Å². The van der Waals surface area contributed by atoms with Crippen molar-refractivity contribution in [3.05, 3.63) is 46.3 Å². The number of halogens is 1. The van der Waals surface area contributed by atoms with Crippen LogP contribution in [0, 0.1) is 0 Å². The van der Waals surface area contributed by atoms with Crippen LogP contribution in [0.4, 0.5) is 0 Å². The second kappa shape index (κ2) is 6.59. The van der Waals surface area contributed by atoms with Crippen molar-refractivity contribution in [3.8, 4) is 0 Å². The topological polar surface area (TPSA) is 46.2 Å². The number of nitrogens with two attached hydrogens (primary N) is 1. The minimum Gasteiger partial charge on any atom is -0.395 e. The predicted molar refractivity (Wildman–Crippen MR) is 78.7 cm³/mol. The number of hydrogen-bond acceptors (Lipinski definition) is 4. The molecule has 1 aromatic carbocycles. The lowest BCUT2D eigenvalue weighted by Crippen LogP contribution is -2.26. The SMILES string of the molecule is NC(CO)Cc1ccsc1Sc1ccc(Cl)cc1. The summed E-state index contributed by atoms with van der Waals surface area (Å²) in [6, 6.07) is 9.65. The van der Waals surface area contributed by atoms with Gasteiger partial charge in [-0.15, -0.1) is 11.3 Å². The molecule has 0 saturated carbocycles. The van der Waals surface area contributed by atoms with Gasteiger partial charge in [-0.2, -0.15) is 0 Å². The highest BCUT2D eigenvalue weighted by atomic mass is 35.5.